The number of fused-ring (bicyclic) bond motifs is 1. The van der Waals surface area contributed by atoms with Crippen LogP contribution in [0.2, 0.25) is 5.02 Å². The van der Waals surface area contributed by atoms with Gasteiger partial charge in [0.05, 0.1) is 33.6 Å². The first-order valence-corrected chi connectivity index (χ1v) is 11.2. The molecule has 0 aromatic heterocycles. The van der Waals surface area contributed by atoms with Crippen LogP contribution in [0.5, 0.6) is 5.75 Å². The number of thiocarbonyl (C=S) groups is 1. The first-order chi connectivity index (χ1) is 16.2. The van der Waals surface area contributed by atoms with Crippen molar-refractivity contribution in [2.45, 2.75) is 20.0 Å². The Hall–Kier alpha value is -3.75. The molecule has 0 spiro atoms. The minimum atomic E-state index is -0.413. The van der Waals surface area contributed by atoms with Crippen molar-refractivity contribution in [3.63, 3.8) is 0 Å². The molecule has 0 aliphatic carbocycles. The predicted molar refractivity (Wildman–Crippen MR) is 135 cm³/mol. The van der Waals surface area contributed by atoms with Crippen molar-refractivity contribution in [2.75, 3.05) is 10.2 Å². The van der Waals surface area contributed by atoms with Crippen molar-refractivity contribution >= 4 is 58.0 Å². The molecule has 0 saturated heterocycles. The van der Waals surface area contributed by atoms with Gasteiger partial charge in [-0.3, -0.25) is 19.7 Å². The highest BCUT2D eigenvalue weighted by Gasteiger charge is 2.36. The summed E-state index contributed by atoms with van der Waals surface area (Å²) in [4.78, 5) is 39.0. The molecule has 4 rings (SSSR count). The number of hydrogen-bond acceptors (Lipinski definition) is 5. The van der Waals surface area contributed by atoms with E-state index in [-0.39, 0.29) is 16.2 Å². The Morgan fingerprint density at radius 1 is 0.971 bits per heavy atom. The lowest BCUT2D eigenvalue weighted by Gasteiger charge is -2.16. The van der Waals surface area contributed by atoms with Crippen LogP contribution in [0, 0.1) is 0 Å². The molecule has 0 radical (unpaired) electrons. The Morgan fingerprint density at radius 3 is 2.26 bits per heavy atom. The van der Waals surface area contributed by atoms with Crippen LogP contribution in [-0.2, 0) is 0 Å². The molecule has 0 atom stereocenters. The van der Waals surface area contributed by atoms with Gasteiger partial charge in [0, 0.05) is 5.56 Å². The average Bonchev–Trinajstić information content (AvgIpc) is 3.05. The monoisotopic (exact) mass is 493 g/mol. The second kappa shape index (κ2) is 9.62. The largest absolute Gasteiger partial charge is 0.491 e. The third-order valence-corrected chi connectivity index (χ3v) is 5.47. The highest BCUT2D eigenvalue weighted by Crippen LogP contribution is 2.32. The summed E-state index contributed by atoms with van der Waals surface area (Å²) in [5.74, 6) is -0.661. The molecule has 1 heterocycles. The molecule has 0 bridgehead atoms. The molecular weight excluding hydrogens is 474 g/mol. The van der Waals surface area contributed by atoms with Gasteiger partial charge in [-0.2, -0.15) is 0 Å². The van der Waals surface area contributed by atoms with E-state index >= 15 is 0 Å². The smallest absolute Gasteiger partial charge is 0.266 e. The van der Waals surface area contributed by atoms with E-state index in [0.717, 1.165) is 4.90 Å². The number of hydrogen-bond donors (Lipinski definition) is 2. The topological polar surface area (TPSA) is 87.7 Å². The van der Waals surface area contributed by atoms with E-state index in [9.17, 15) is 14.4 Å². The molecular formula is C25H20ClN3O4S. The van der Waals surface area contributed by atoms with Crippen molar-refractivity contribution in [2.24, 2.45) is 0 Å². The molecule has 172 valence electrons. The highest BCUT2D eigenvalue weighted by molar-refractivity contribution is 7.80. The minimum Gasteiger partial charge on any atom is -0.491 e. The van der Waals surface area contributed by atoms with Gasteiger partial charge in [0.15, 0.2) is 5.11 Å². The molecule has 7 nitrogen and oxygen atoms in total. The molecule has 34 heavy (non-hydrogen) atoms. The second-order valence-corrected chi connectivity index (χ2v) is 8.57. The van der Waals surface area contributed by atoms with Gasteiger partial charge < -0.3 is 10.1 Å². The fourth-order valence-electron chi connectivity index (χ4n) is 3.48. The Labute approximate surface area is 206 Å². The molecule has 1 aliphatic rings. The number of anilines is 2. The Bertz CT molecular complexity index is 1290. The van der Waals surface area contributed by atoms with E-state index in [1.54, 1.807) is 60.7 Å². The Morgan fingerprint density at radius 2 is 1.65 bits per heavy atom. The van der Waals surface area contributed by atoms with Crippen LogP contribution < -0.4 is 20.3 Å². The zero-order valence-corrected chi connectivity index (χ0v) is 19.9. The number of amides is 3. The van der Waals surface area contributed by atoms with Crippen molar-refractivity contribution in [3.05, 3.63) is 88.4 Å². The summed E-state index contributed by atoms with van der Waals surface area (Å²) in [6.07, 6.45) is -0.0218. The molecule has 3 aromatic rings. The number of halogens is 1. The fraction of sp³-hybridized carbons (Fsp3) is 0.120. The van der Waals surface area contributed by atoms with Gasteiger partial charge >= 0.3 is 0 Å². The van der Waals surface area contributed by atoms with Crippen LogP contribution in [0.4, 0.5) is 11.4 Å². The lowest BCUT2D eigenvalue weighted by Crippen LogP contribution is -2.34. The third kappa shape index (κ3) is 4.78. The molecule has 3 aromatic carbocycles. The maximum atomic E-state index is 12.7. The van der Waals surface area contributed by atoms with Crippen molar-refractivity contribution in [1.82, 2.24) is 5.32 Å². The number of benzene rings is 3. The van der Waals surface area contributed by atoms with Gasteiger partial charge in [-0.15, -0.1) is 0 Å². The van der Waals surface area contributed by atoms with E-state index in [1.165, 1.54) is 6.07 Å². The lowest BCUT2D eigenvalue weighted by molar-refractivity contribution is 0.0923. The summed E-state index contributed by atoms with van der Waals surface area (Å²) < 4.78 is 5.61. The quantitative estimate of drug-likeness (QED) is 0.382. The maximum absolute atomic E-state index is 12.7. The van der Waals surface area contributed by atoms with Crippen LogP contribution >= 0.6 is 23.8 Å². The molecule has 9 heteroatoms. The number of nitrogens with zero attached hydrogens (tertiary/aromatic N) is 1. The summed E-state index contributed by atoms with van der Waals surface area (Å²) in [6, 6.07) is 18.0. The minimum absolute atomic E-state index is 0.0218. The third-order valence-electron chi connectivity index (χ3n) is 4.95. The summed E-state index contributed by atoms with van der Waals surface area (Å²) >= 11 is 11.6. The van der Waals surface area contributed by atoms with E-state index in [1.807, 2.05) is 13.8 Å². The molecule has 0 fully saturated rings. The Balaban J connectivity index is 1.44. The molecule has 0 saturated carbocycles. The van der Waals surface area contributed by atoms with Crippen LogP contribution in [0.25, 0.3) is 0 Å². The normalized spacial score (nSPS) is 12.5. The summed E-state index contributed by atoms with van der Waals surface area (Å²) in [5.41, 5.74) is 1.81. The standard InChI is InChI=1S/C25H20ClN3O4S/c1-14(2)33-17-7-5-6-15(12-17)22(30)28-25(34)27-21-11-10-16(13-20(21)26)29-23(31)18-8-3-4-9-19(18)24(29)32/h3-14H,1-2H3,(H2,27,28,30,34). The maximum Gasteiger partial charge on any atom is 0.266 e. The number of carbonyl (C=O) groups excluding carboxylic acids is 3. The SMILES string of the molecule is CC(C)Oc1cccc(C(=O)NC(=S)Nc2ccc(N3C(=O)c4ccccc4C3=O)cc2Cl)c1. The number of imide groups is 1. The van der Waals surface area contributed by atoms with Gasteiger partial charge in [-0.1, -0.05) is 29.8 Å². The van der Waals surface area contributed by atoms with E-state index in [4.69, 9.17) is 28.6 Å². The van der Waals surface area contributed by atoms with Gasteiger partial charge in [-0.25, -0.2) is 4.90 Å². The van der Waals surface area contributed by atoms with Crippen LogP contribution in [0.3, 0.4) is 0 Å². The van der Waals surface area contributed by atoms with Gasteiger partial charge in [0.1, 0.15) is 5.75 Å². The predicted octanol–water partition coefficient (Wildman–Crippen LogP) is 5.05. The van der Waals surface area contributed by atoms with E-state index in [0.29, 0.717) is 33.8 Å². The Kier molecular flexibility index (Phi) is 6.63. The van der Waals surface area contributed by atoms with Crippen LogP contribution in [0.1, 0.15) is 44.9 Å². The van der Waals surface area contributed by atoms with Gasteiger partial charge in [0.25, 0.3) is 17.7 Å². The molecule has 2 N–H and O–H groups in total. The number of carbonyl (C=O) groups is 3. The number of rotatable bonds is 5. The molecule has 1 aliphatic heterocycles. The van der Waals surface area contributed by atoms with Crippen molar-refractivity contribution in [1.29, 1.82) is 0 Å². The fourth-order valence-corrected chi connectivity index (χ4v) is 3.90. The lowest BCUT2D eigenvalue weighted by atomic mass is 10.1. The van der Waals surface area contributed by atoms with Crippen molar-refractivity contribution in [3.8, 4) is 5.75 Å². The zero-order chi connectivity index (χ0) is 24.4. The molecule has 0 unspecified atom stereocenters. The first kappa shape index (κ1) is 23.4. The molecule has 3 amide bonds. The average molecular weight is 494 g/mol. The van der Waals surface area contributed by atoms with E-state index in [2.05, 4.69) is 10.6 Å². The zero-order valence-electron chi connectivity index (χ0n) is 18.3. The first-order valence-electron chi connectivity index (χ1n) is 10.4. The van der Waals surface area contributed by atoms with Crippen LogP contribution in [-0.4, -0.2) is 28.9 Å². The summed E-state index contributed by atoms with van der Waals surface area (Å²) in [7, 11) is 0. The van der Waals surface area contributed by atoms with E-state index < -0.39 is 17.7 Å². The van der Waals surface area contributed by atoms with Crippen molar-refractivity contribution < 1.29 is 19.1 Å². The summed E-state index contributed by atoms with van der Waals surface area (Å²) in [5, 5.41) is 5.72. The summed E-state index contributed by atoms with van der Waals surface area (Å²) in [6.45, 7) is 3.80. The van der Waals surface area contributed by atoms with Crippen LogP contribution in [0.15, 0.2) is 66.7 Å². The van der Waals surface area contributed by atoms with Gasteiger partial charge in [-0.05, 0) is 74.6 Å². The number of ether oxygens (including phenoxy) is 1. The second-order valence-electron chi connectivity index (χ2n) is 7.76. The number of nitrogens with one attached hydrogen (secondary N) is 2. The highest BCUT2D eigenvalue weighted by atomic mass is 35.5. The van der Waals surface area contributed by atoms with Gasteiger partial charge in [0.2, 0.25) is 0 Å².